The molecule has 0 aromatic heterocycles. The highest BCUT2D eigenvalue weighted by Crippen LogP contribution is 2.33. The van der Waals surface area contributed by atoms with Crippen molar-refractivity contribution in [2.45, 2.75) is 52.5 Å². The largest absolute Gasteiger partial charge is 0.330 e. The average Bonchev–Trinajstić information content (AvgIpc) is 2.44. The number of hydrogen-bond donors (Lipinski definition) is 1. The molecule has 1 aliphatic heterocycles. The van der Waals surface area contributed by atoms with Gasteiger partial charge in [0.1, 0.15) is 0 Å². The second-order valence-electron chi connectivity index (χ2n) is 6.65. The van der Waals surface area contributed by atoms with E-state index in [4.69, 9.17) is 5.73 Å². The van der Waals surface area contributed by atoms with Gasteiger partial charge in [0.05, 0.1) is 0 Å². The van der Waals surface area contributed by atoms with Crippen molar-refractivity contribution in [3.63, 3.8) is 0 Å². The Morgan fingerprint density at radius 1 is 1.15 bits per heavy atom. The summed E-state index contributed by atoms with van der Waals surface area (Å²) in [6.45, 7) is 12.2. The molecule has 2 nitrogen and oxygen atoms in total. The standard InChI is InChI=1S/C18H30N2/c1-13(2)20-9-7-16(8-10-20)18(12-19)17-6-5-14(3)15(4)11-17/h5-6,11,13,16,18H,7-10,12,19H2,1-4H3. The molecule has 1 aliphatic rings. The van der Waals surface area contributed by atoms with Crippen LogP contribution in [0.5, 0.6) is 0 Å². The Labute approximate surface area is 124 Å². The summed E-state index contributed by atoms with van der Waals surface area (Å²) in [5.41, 5.74) is 10.3. The molecule has 112 valence electrons. The lowest BCUT2D eigenvalue weighted by atomic mass is 9.79. The predicted octanol–water partition coefficient (Wildman–Crippen LogP) is 3.47. The van der Waals surface area contributed by atoms with E-state index < -0.39 is 0 Å². The fourth-order valence-corrected chi connectivity index (χ4v) is 3.43. The Balaban J connectivity index is 2.07. The van der Waals surface area contributed by atoms with Crippen molar-refractivity contribution >= 4 is 0 Å². The Morgan fingerprint density at radius 2 is 1.80 bits per heavy atom. The van der Waals surface area contributed by atoms with Gasteiger partial charge in [-0.1, -0.05) is 18.2 Å². The monoisotopic (exact) mass is 274 g/mol. The summed E-state index contributed by atoms with van der Waals surface area (Å²) in [6.07, 6.45) is 2.57. The molecule has 0 aliphatic carbocycles. The first kappa shape index (κ1) is 15.5. The maximum atomic E-state index is 6.10. The zero-order valence-corrected chi connectivity index (χ0v) is 13.5. The van der Waals surface area contributed by atoms with Crippen LogP contribution in [0.4, 0.5) is 0 Å². The Hall–Kier alpha value is -0.860. The molecule has 1 atom stereocenters. The number of benzene rings is 1. The van der Waals surface area contributed by atoms with E-state index in [0.29, 0.717) is 12.0 Å². The van der Waals surface area contributed by atoms with Gasteiger partial charge in [-0.05, 0) is 88.7 Å². The Kier molecular flexibility index (Phi) is 5.22. The second-order valence-corrected chi connectivity index (χ2v) is 6.65. The summed E-state index contributed by atoms with van der Waals surface area (Å²) in [6, 6.07) is 7.56. The fraction of sp³-hybridized carbons (Fsp3) is 0.667. The minimum atomic E-state index is 0.531. The number of rotatable bonds is 4. The Morgan fingerprint density at radius 3 is 2.30 bits per heavy atom. The first-order valence-corrected chi connectivity index (χ1v) is 8.04. The van der Waals surface area contributed by atoms with Gasteiger partial charge in [-0.15, -0.1) is 0 Å². The quantitative estimate of drug-likeness (QED) is 0.911. The number of piperidine rings is 1. The molecule has 0 saturated carbocycles. The number of likely N-dealkylation sites (tertiary alicyclic amines) is 1. The highest BCUT2D eigenvalue weighted by Gasteiger charge is 2.27. The van der Waals surface area contributed by atoms with Gasteiger partial charge in [0, 0.05) is 6.04 Å². The summed E-state index contributed by atoms with van der Waals surface area (Å²) >= 11 is 0. The lowest BCUT2D eigenvalue weighted by Crippen LogP contribution is -2.40. The van der Waals surface area contributed by atoms with Crippen molar-refractivity contribution in [3.8, 4) is 0 Å². The molecule has 1 aromatic rings. The molecule has 1 unspecified atom stereocenters. The molecule has 2 N–H and O–H groups in total. The van der Waals surface area contributed by atoms with Crippen LogP contribution < -0.4 is 5.73 Å². The summed E-state index contributed by atoms with van der Waals surface area (Å²) < 4.78 is 0. The summed E-state index contributed by atoms with van der Waals surface area (Å²) in [4.78, 5) is 2.59. The zero-order valence-electron chi connectivity index (χ0n) is 13.5. The van der Waals surface area contributed by atoms with Crippen LogP contribution in [0.2, 0.25) is 0 Å². The third-order valence-electron chi connectivity index (χ3n) is 5.09. The van der Waals surface area contributed by atoms with Crippen LogP contribution in [0.1, 0.15) is 49.3 Å². The van der Waals surface area contributed by atoms with E-state index in [0.717, 1.165) is 12.5 Å². The highest BCUT2D eigenvalue weighted by atomic mass is 15.1. The molecule has 20 heavy (non-hydrogen) atoms. The maximum Gasteiger partial charge on any atom is 0.00385 e. The number of nitrogens with two attached hydrogens (primary N) is 1. The van der Waals surface area contributed by atoms with Crippen LogP contribution >= 0.6 is 0 Å². The predicted molar refractivity (Wildman–Crippen MR) is 87.1 cm³/mol. The zero-order chi connectivity index (χ0) is 14.7. The number of nitrogens with zero attached hydrogens (tertiary/aromatic N) is 1. The first-order chi connectivity index (χ1) is 9.52. The van der Waals surface area contributed by atoms with Gasteiger partial charge in [-0.2, -0.15) is 0 Å². The molecule has 1 fully saturated rings. The topological polar surface area (TPSA) is 29.3 Å². The van der Waals surface area contributed by atoms with Gasteiger partial charge in [0.15, 0.2) is 0 Å². The van der Waals surface area contributed by atoms with Crippen LogP contribution in [-0.4, -0.2) is 30.6 Å². The molecular weight excluding hydrogens is 244 g/mol. The van der Waals surface area contributed by atoms with E-state index in [2.05, 4.69) is 50.8 Å². The molecule has 0 spiro atoms. The number of hydrogen-bond acceptors (Lipinski definition) is 2. The third kappa shape index (κ3) is 3.42. The average molecular weight is 274 g/mol. The smallest absolute Gasteiger partial charge is 0.00385 e. The minimum absolute atomic E-state index is 0.531. The van der Waals surface area contributed by atoms with E-state index >= 15 is 0 Å². The second kappa shape index (κ2) is 6.73. The van der Waals surface area contributed by atoms with Crippen LogP contribution in [0.3, 0.4) is 0 Å². The molecule has 2 heteroatoms. The normalized spacial score (nSPS) is 19.5. The van der Waals surface area contributed by atoms with E-state index in [1.54, 1.807) is 0 Å². The lowest BCUT2D eigenvalue weighted by Gasteiger charge is -2.38. The SMILES string of the molecule is Cc1ccc(C(CN)C2CCN(C(C)C)CC2)cc1C. The fourth-order valence-electron chi connectivity index (χ4n) is 3.43. The summed E-state index contributed by atoms with van der Waals surface area (Å²) in [7, 11) is 0. The van der Waals surface area contributed by atoms with Crippen molar-refractivity contribution < 1.29 is 0 Å². The summed E-state index contributed by atoms with van der Waals surface area (Å²) in [5, 5.41) is 0. The molecule has 1 heterocycles. The van der Waals surface area contributed by atoms with Gasteiger partial charge >= 0.3 is 0 Å². The van der Waals surface area contributed by atoms with Gasteiger partial charge in [-0.25, -0.2) is 0 Å². The van der Waals surface area contributed by atoms with Crippen LogP contribution in [0.15, 0.2) is 18.2 Å². The van der Waals surface area contributed by atoms with Crippen molar-refractivity contribution in [2.24, 2.45) is 11.7 Å². The molecule has 0 amide bonds. The Bertz CT molecular complexity index is 431. The minimum Gasteiger partial charge on any atom is -0.330 e. The van der Waals surface area contributed by atoms with Crippen molar-refractivity contribution in [3.05, 3.63) is 34.9 Å². The molecule has 0 radical (unpaired) electrons. The summed E-state index contributed by atoms with van der Waals surface area (Å²) in [5.74, 6) is 1.28. The van der Waals surface area contributed by atoms with Crippen molar-refractivity contribution in [2.75, 3.05) is 19.6 Å². The van der Waals surface area contributed by atoms with Gasteiger partial charge in [-0.3, -0.25) is 0 Å². The first-order valence-electron chi connectivity index (χ1n) is 8.04. The molecular formula is C18H30N2. The van der Waals surface area contributed by atoms with E-state index in [1.165, 1.54) is 42.6 Å². The van der Waals surface area contributed by atoms with Crippen LogP contribution in [0, 0.1) is 19.8 Å². The van der Waals surface area contributed by atoms with E-state index in [1.807, 2.05) is 0 Å². The van der Waals surface area contributed by atoms with E-state index in [-0.39, 0.29) is 0 Å². The molecule has 1 aromatic carbocycles. The van der Waals surface area contributed by atoms with Crippen molar-refractivity contribution in [1.82, 2.24) is 4.90 Å². The van der Waals surface area contributed by atoms with Gasteiger partial charge in [0.2, 0.25) is 0 Å². The third-order valence-corrected chi connectivity index (χ3v) is 5.09. The molecule has 2 rings (SSSR count). The molecule has 1 saturated heterocycles. The maximum absolute atomic E-state index is 6.10. The molecule has 0 bridgehead atoms. The number of aryl methyl sites for hydroxylation is 2. The highest BCUT2D eigenvalue weighted by molar-refractivity contribution is 5.32. The van der Waals surface area contributed by atoms with Crippen LogP contribution in [0.25, 0.3) is 0 Å². The van der Waals surface area contributed by atoms with Gasteiger partial charge < -0.3 is 10.6 Å². The van der Waals surface area contributed by atoms with Gasteiger partial charge in [0.25, 0.3) is 0 Å². The van der Waals surface area contributed by atoms with Crippen LogP contribution in [-0.2, 0) is 0 Å². The van der Waals surface area contributed by atoms with E-state index in [9.17, 15) is 0 Å². The lowest BCUT2D eigenvalue weighted by molar-refractivity contribution is 0.138. The van der Waals surface area contributed by atoms with Crippen molar-refractivity contribution in [1.29, 1.82) is 0 Å².